The molecule has 1 aliphatic carbocycles. The van der Waals surface area contributed by atoms with E-state index in [1.165, 1.54) is 98.7 Å². The highest BCUT2D eigenvalue weighted by molar-refractivity contribution is 6.12. The fourth-order valence-electron chi connectivity index (χ4n) is 9.47. The summed E-state index contributed by atoms with van der Waals surface area (Å²) >= 11 is 0. The molecule has 3 aromatic heterocycles. The van der Waals surface area contributed by atoms with Crippen molar-refractivity contribution in [3.8, 4) is 39.3 Å². The van der Waals surface area contributed by atoms with Crippen molar-refractivity contribution in [1.82, 2.24) is 13.7 Å². The number of hydrogen-bond donors (Lipinski definition) is 0. The second kappa shape index (κ2) is 12.6. The smallest absolute Gasteiger partial charge is 0.0561 e. The van der Waals surface area contributed by atoms with Crippen LogP contribution in [0.4, 0.5) is 0 Å². The van der Waals surface area contributed by atoms with Gasteiger partial charge in [0.05, 0.1) is 27.6 Å². The molecular formula is C54H37N3. The molecule has 0 saturated heterocycles. The van der Waals surface area contributed by atoms with Crippen molar-refractivity contribution in [3.05, 3.63) is 199 Å². The molecule has 0 bridgehead atoms. The molecule has 268 valence electrons. The van der Waals surface area contributed by atoms with Gasteiger partial charge in [-0.3, -0.25) is 0 Å². The zero-order valence-corrected chi connectivity index (χ0v) is 31.3. The quantitative estimate of drug-likeness (QED) is 0.168. The number of fused-ring (bicyclic) bond motifs is 9. The van der Waals surface area contributed by atoms with Crippen molar-refractivity contribution >= 4 is 66.7 Å². The van der Waals surface area contributed by atoms with Crippen molar-refractivity contribution < 1.29 is 0 Å². The molecular weight excluding hydrogens is 691 g/mol. The van der Waals surface area contributed by atoms with Gasteiger partial charge in [0.15, 0.2) is 0 Å². The van der Waals surface area contributed by atoms with Gasteiger partial charge in [-0.1, -0.05) is 140 Å². The Kier molecular flexibility index (Phi) is 7.05. The van der Waals surface area contributed by atoms with Crippen LogP contribution in [0.2, 0.25) is 0 Å². The van der Waals surface area contributed by atoms with Gasteiger partial charge >= 0.3 is 0 Å². The second-order valence-corrected chi connectivity index (χ2v) is 15.2. The third kappa shape index (κ3) is 4.92. The van der Waals surface area contributed by atoms with Crippen LogP contribution in [0.1, 0.15) is 12.8 Å². The molecule has 0 amide bonds. The third-order valence-corrected chi connectivity index (χ3v) is 12.1. The van der Waals surface area contributed by atoms with Crippen molar-refractivity contribution in [2.75, 3.05) is 0 Å². The van der Waals surface area contributed by atoms with Gasteiger partial charge in [-0.25, -0.2) is 0 Å². The molecule has 11 aromatic rings. The summed E-state index contributed by atoms with van der Waals surface area (Å²) in [7, 11) is 0. The van der Waals surface area contributed by atoms with Crippen LogP contribution >= 0.6 is 0 Å². The first-order chi connectivity index (χ1) is 28.3. The lowest BCUT2D eigenvalue weighted by Gasteiger charge is -2.12. The molecule has 8 aromatic carbocycles. The van der Waals surface area contributed by atoms with E-state index in [1.807, 2.05) is 0 Å². The zero-order chi connectivity index (χ0) is 37.5. The number of para-hydroxylation sites is 3. The highest BCUT2D eigenvalue weighted by Crippen LogP contribution is 2.37. The molecule has 0 fully saturated rings. The molecule has 0 aliphatic heterocycles. The minimum absolute atomic E-state index is 1.04. The van der Waals surface area contributed by atoms with Crippen molar-refractivity contribution in [2.45, 2.75) is 12.8 Å². The number of aromatic nitrogens is 3. The van der Waals surface area contributed by atoms with E-state index in [9.17, 15) is 0 Å². The summed E-state index contributed by atoms with van der Waals surface area (Å²) in [4.78, 5) is 0. The molecule has 0 saturated carbocycles. The highest BCUT2D eigenvalue weighted by atomic mass is 15.0. The Bertz CT molecular complexity index is 3430. The molecule has 12 rings (SSSR count). The van der Waals surface area contributed by atoms with E-state index in [-0.39, 0.29) is 0 Å². The molecule has 0 radical (unpaired) electrons. The topological polar surface area (TPSA) is 14.8 Å². The number of benzene rings is 8. The van der Waals surface area contributed by atoms with Crippen molar-refractivity contribution in [2.24, 2.45) is 0 Å². The summed E-state index contributed by atoms with van der Waals surface area (Å²) in [5.74, 6) is 0. The first kappa shape index (κ1) is 31.9. The summed E-state index contributed by atoms with van der Waals surface area (Å²) in [6.45, 7) is 0. The van der Waals surface area contributed by atoms with Gasteiger partial charge in [-0.15, -0.1) is 0 Å². The van der Waals surface area contributed by atoms with Crippen LogP contribution < -0.4 is 10.6 Å². The molecule has 57 heavy (non-hydrogen) atoms. The van der Waals surface area contributed by atoms with Crippen LogP contribution in [0, 0.1) is 0 Å². The molecule has 1 aliphatic rings. The minimum atomic E-state index is 1.04. The standard InChI is InChI=1S/C54H37N3/c1-2-12-36(13-3-1)37-22-24-38(25-23-37)39-26-28-40(29-27-39)55-49-18-8-6-16-45(49)47-32-30-42(35-54(47)55)57-52-21-11-7-17-46(52)48-34-41(31-33-53(48)57)56-50-19-9-4-14-43(50)44-15-5-10-20-51(44)56/h1-5,7,9-35H,6,8H2. The number of nitrogens with zero attached hydrogens (tertiary/aromatic N) is 3. The molecule has 3 nitrogen and oxygen atoms in total. The summed E-state index contributed by atoms with van der Waals surface area (Å²) in [6, 6.07) is 69.0. The SMILES string of the molecule is C1=c2c(n(-c3ccc(-c4ccc(-c5ccccc5)cc4)cc3)c3cc(-n4c5ccccc5c5cc(-n6c7ccccc7c7ccccc76)ccc54)ccc23)=CCC1. The predicted molar refractivity (Wildman–Crippen MR) is 240 cm³/mol. The number of rotatable bonds is 5. The monoisotopic (exact) mass is 727 g/mol. The largest absolute Gasteiger partial charge is 0.310 e. The Labute approximate surface area is 329 Å². The van der Waals surface area contributed by atoms with Gasteiger partial charge < -0.3 is 13.7 Å². The number of hydrogen-bond acceptors (Lipinski definition) is 0. The second-order valence-electron chi connectivity index (χ2n) is 15.2. The van der Waals surface area contributed by atoms with Crippen LogP contribution in [0.25, 0.3) is 106 Å². The lowest BCUT2D eigenvalue weighted by molar-refractivity contribution is 1.02. The van der Waals surface area contributed by atoms with Gasteiger partial charge in [0.1, 0.15) is 0 Å². The molecule has 0 N–H and O–H groups in total. The summed E-state index contributed by atoms with van der Waals surface area (Å²) in [5.41, 5.74) is 14.5. The maximum Gasteiger partial charge on any atom is 0.0561 e. The van der Waals surface area contributed by atoms with Gasteiger partial charge in [0, 0.05) is 54.6 Å². The van der Waals surface area contributed by atoms with Gasteiger partial charge in [0.25, 0.3) is 0 Å². The van der Waals surface area contributed by atoms with E-state index in [4.69, 9.17) is 0 Å². The van der Waals surface area contributed by atoms with Crippen molar-refractivity contribution in [1.29, 1.82) is 0 Å². The average molecular weight is 728 g/mol. The Hall–Kier alpha value is -7.36. The molecule has 0 unspecified atom stereocenters. The fourth-order valence-corrected chi connectivity index (χ4v) is 9.47. The first-order valence-electron chi connectivity index (χ1n) is 19.9. The highest BCUT2D eigenvalue weighted by Gasteiger charge is 2.18. The zero-order valence-electron chi connectivity index (χ0n) is 31.3. The minimum Gasteiger partial charge on any atom is -0.310 e. The summed E-state index contributed by atoms with van der Waals surface area (Å²) in [6.07, 6.45) is 6.95. The van der Waals surface area contributed by atoms with Crippen LogP contribution in [0.5, 0.6) is 0 Å². The average Bonchev–Trinajstić information content (AvgIpc) is 3.92. The van der Waals surface area contributed by atoms with Gasteiger partial charge in [-0.2, -0.15) is 0 Å². The van der Waals surface area contributed by atoms with E-state index in [2.05, 4.69) is 214 Å². The van der Waals surface area contributed by atoms with Gasteiger partial charge in [0.2, 0.25) is 0 Å². The van der Waals surface area contributed by atoms with E-state index in [0.29, 0.717) is 0 Å². The Morgan fingerprint density at radius 1 is 0.281 bits per heavy atom. The Balaban J connectivity index is 1.00. The summed E-state index contributed by atoms with van der Waals surface area (Å²) in [5, 5.41) is 8.95. The Morgan fingerprint density at radius 2 is 0.737 bits per heavy atom. The maximum atomic E-state index is 2.47. The molecule has 3 heterocycles. The van der Waals surface area contributed by atoms with Crippen molar-refractivity contribution in [3.63, 3.8) is 0 Å². The van der Waals surface area contributed by atoms with Crippen LogP contribution in [0.15, 0.2) is 188 Å². The maximum absolute atomic E-state index is 2.47. The van der Waals surface area contributed by atoms with E-state index < -0.39 is 0 Å². The Morgan fingerprint density at radius 3 is 1.37 bits per heavy atom. The normalized spacial score (nSPS) is 12.7. The molecule has 0 atom stereocenters. The van der Waals surface area contributed by atoms with E-state index in [1.54, 1.807) is 0 Å². The van der Waals surface area contributed by atoms with E-state index >= 15 is 0 Å². The lowest BCUT2D eigenvalue weighted by Crippen LogP contribution is -2.30. The fraction of sp³-hybridized carbons (Fsp3) is 0.0370. The molecule has 0 spiro atoms. The van der Waals surface area contributed by atoms with Crippen LogP contribution in [-0.4, -0.2) is 13.7 Å². The van der Waals surface area contributed by atoms with Crippen LogP contribution in [-0.2, 0) is 0 Å². The van der Waals surface area contributed by atoms with Gasteiger partial charge in [-0.05, 0) is 95.8 Å². The third-order valence-electron chi connectivity index (χ3n) is 12.1. The van der Waals surface area contributed by atoms with E-state index in [0.717, 1.165) is 18.5 Å². The first-order valence-corrected chi connectivity index (χ1v) is 19.9. The molecule has 3 heteroatoms. The predicted octanol–water partition coefficient (Wildman–Crippen LogP) is 12.5. The van der Waals surface area contributed by atoms with Crippen LogP contribution in [0.3, 0.4) is 0 Å². The lowest BCUT2D eigenvalue weighted by atomic mass is 10.0. The summed E-state index contributed by atoms with van der Waals surface area (Å²) < 4.78 is 7.34.